The van der Waals surface area contributed by atoms with Crippen molar-refractivity contribution in [3.8, 4) is 5.75 Å². The fourth-order valence-electron chi connectivity index (χ4n) is 1.73. The van der Waals surface area contributed by atoms with Gasteiger partial charge in [-0.1, -0.05) is 35.9 Å². The zero-order chi connectivity index (χ0) is 15.4. The average Bonchev–Trinajstić information content (AvgIpc) is 2.46. The van der Waals surface area contributed by atoms with Crippen LogP contribution in [0.15, 0.2) is 42.5 Å². The molecule has 23 heavy (non-hydrogen) atoms. The van der Waals surface area contributed by atoms with Crippen molar-refractivity contribution < 1.29 is 4.74 Å². The zero-order valence-electron chi connectivity index (χ0n) is 12.0. The van der Waals surface area contributed by atoms with Crippen molar-refractivity contribution in [2.75, 3.05) is 0 Å². The molecule has 0 aromatic heterocycles. The van der Waals surface area contributed by atoms with Crippen molar-refractivity contribution in [2.24, 2.45) is 11.5 Å². The minimum atomic E-state index is -0.0386. The van der Waals surface area contributed by atoms with Crippen molar-refractivity contribution in [3.05, 3.63) is 64.2 Å². The van der Waals surface area contributed by atoms with E-state index in [4.69, 9.17) is 38.6 Å². The first kappa shape index (κ1) is 21.0. The lowest BCUT2D eigenvalue weighted by Gasteiger charge is -2.09. The van der Waals surface area contributed by atoms with Crippen molar-refractivity contribution in [1.82, 2.24) is 0 Å². The number of nitrogens with two attached hydrogens (primary N) is 2. The Bertz CT molecular complexity index is 690. The Morgan fingerprint density at radius 1 is 0.913 bits per heavy atom. The molecule has 0 aliphatic heterocycles. The molecular formula is C15H17Cl3N4O. The maximum atomic E-state index is 7.34. The van der Waals surface area contributed by atoms with Gasteiger partial charge in [0.05, 0.1) is 5.02 Å². The highest BCUT2D eigenvalue weighted by molar-refractivity contribution is 6.32. The van der Waals surface area contributed by atoms with Crippen molar-refractivity contribution in [3.63, 3.8) is 0 Å². The van der Waals surface area contributed by atoms with Gasteiger partial charge in [-0.25, -0.2) is 0 Å². The van der Waals surface area contributed by atoms with Crippen LogP contribution in [0.3, 0.4) is 0 Å². The van der Waals surface area contributed by atoms with E-state index in [0.717, 1.165) is 5.56 Å². The van der Waals surface area contributed by atoms with Gasteiger partial charge in [0.1, 0.15) is 24.0 Å². The summed E-state index contributed by atoms with van der Waals surface area (Å²) in [6.45, 7) is 0.345. The van der Waals surface area contributed by atoms with Gasteiger partial charge >= 0.3 is 0 Å². The minimum Gasteiger partial charge on any atom is -0.487 e. The van der Waals surface area contributed by atoms with Crippen LogP contribution < -0.4 is 16.2 Å². The average molecular weight is 376 g/mol. The van der Waals surface area contributed by atoms with Crippen molar-refractivity contribution >= 4 is 48.1 Å². The predicted molar refractivity (Wildman–Crippen MR) is 98.8 cm³/mol. The molecule has 124 valence electrons. The summed E-state index contributed by atoms with van der Waals surface area (Å²) >= 11 is 6.08. The lowest BCUT2D eigenvalue weighted by atomic mass is 10.1. The van der Waals surface area contributed by atoms with E-state index in [1.807, 2.05) is 12.1 Å². The van der Waals surface area contributed by atoms with Crippen LogP contribution in [0.25, 0.3) is 0 Å². The highest BCUT2D eigenvalue weighted by Crippen LogP contribution is 2.26. The fraction of sp³-hybridized carbons (Fsp3) is 0.0667. The molecule has 2 rings (SSSR count). The molecule has 2 aromatic rings. The Hall–Kier alpha value is -1.95. The number of nitrogens with one attached hydrogen (secondary N) is 2. The second kappa shape index (κ2) is 9.25. The third-order valence-electron chi connectivity index (χ3n) is 2.90. The van der Waals surface area contributed by atoms with Gasteiger partial charge in [0.15, 0.2) is 0 Å². The summed E-state index contributed by atoms with van der Waals surface area (Å²) in [4.78, 5) is 0. The van der Waals surface area contributed by atoms with E-state index in [1.165, 1.54) is 0 Å². The Kier molecular flexibility index (Phi) is 8.46. The molecule has 0 unspecified atom stereocenters. The summed E-state index contributed by atoms with van der Waals surface area (Å²) in [5, 5.41) is 15.1. The molecule has 2 aromatic carbocycles. The molecule has 0 spiro atoms. The zero-order valence-corrected chi connectivity index (χ0v) is 14.4. The van der Waals surface area contributed by atoms with E-state index in [2.05, 4.69) is 0 Å². The van der Waals surface area contributed by atoms with Crippen LogP contribution in [0, 0.1) is 10.8 Å². The molecule has 0 saturated carbocycles. The second-order valence-corrected chi connectivity index (χ2v) is 4.87. The molecular weight excluding hydrogens is 359 g/mol. The van der Waals surface area contributed by atoms with Gasteiger partial charge in [0.2, 0.25) is 0 Å². The van der Waals surface area contributed by atoms with Crippen molar-refractivity contribution in [1.29, 1.82) is 10.8 Å². The van der Waals surface area contributed by atoms with Crippen molar-refractivity contribution in [2.45, 2.75) is 6.61 Å². The van der Waals surface area contributed by atoms with E-state index >= 15 is 0 Å². The largest absolute Gasteiger partial charge is 0.487 e. The van der Waals surface area contributed by atoms with Crippen LogP contribution >= 0.6 is 36.4 Å². The van der Waals surface area contributed by atoms with Gasteiger partial charge in [-0.2, -0.15) is 0 Å². The van der Waals surface area contributed by atoms with Gasteiger partial charge in [0.25, 0.3) is 0 Å². The molecule has 0 aliphatic rings. The Morgan fingerprint density at radius 3 is 1.91 bits per heavy atom. The summed E-state index contributed by atoms with van der Waals surface area (Å²) in [7, 11) is 0. The van der Waals surface area contributed by atoms with Gasteiger partial charge in [-0.3, -0.25) is 10.8 Å². The molecule has 0 saturated heterocycles. The maximum Gasteiger partial charge on any atom is 0.138 e. The quantitative estimate of drug-likeness (QED) is 0.475. The molecule has 5 nitrogen and oxygen atoms in total. The topological polar surface area (TPSA) is 109 Å². The third kappa shape index (κ3) is 5.63. The minimum absolute atomic E-state index is 0. The molecule has 6 N–H and O–H groups in total. The first-order valence-electron chi connectivity index (χ1n) is 6.17. The summed E-state index contributed by atoms with van der Waals surface area (Å²) in [6.07, 6.45) is 0. The van der Waals surface area contributed by atoms with Gasteiger partial charge in [-0.15, -0.1) is 24.8 Å². The van der Waals surface area contributed by atoms with Gasteiger partial charge < -0.3 is 16.2 Å². The van der Waals surface area contributed by atoms with Gasteiger partial charge in [-0.05, 0) is 23.8 Å². The van der Waals surface area contributed by atoms with Crippen LogP contribution in [-0.4, -0.2) is 11.7 Å². The highest BCUT2D eigenvalue weighted by Gasteiger charge is 2.05. The van der Waals surface area contributed by atoms with Crippen LogP contribution in [-0.2, 0) is 6.61 Å². The number of nitrogen functional groups attached to an aromatic ring is 2. The van der Waals surface area contributed by atoms with E-state index < -0.39 is 0 Å². The predicted octanol–water partition coefficient (Wildman–Crippen LogP) is 3.33. The van der Waals surface area contributed by atoms with E-state index in [1.54, 1.807) is 30.3 Å². The maximum absolute atomic E-state index is 7.34. The molecule has 0 bridgehead atoms. The van der Waals surface area contributed by atoms with Crippen LogP contribution in [0.5, 0.6) is 5.75 Å². The highest BCUT2D eigenvalue weighted by atomic mass is 35.5. The number of ether oxygens (including phenoxy) is 1. The van der Waals surface area contributed by atoms with Crippen LogP contribution in [0.1, 0.15) is 16.7 Å². The molecule has 0 fully saturated rings. The smallest absolute Gasteiger partial charge is 0.138 e. The molecule has 0 amide bonds. The second-order valence-electron chi connectivity index (χ2n) is 4.46. The molecule has 0 aliphatic carbocycles. The lowest BCUT2D eigenvalue weighted by Crippen LogP contribution is -2.11. The summed E-state index contributed by atoms with van der Waals surface area (Å²) in [6, 6.07) is 12.2. The number of halogens is 3. The van der Waals surface area contributed by atoms with Crippen LogP contribution in [0.4, 0.5) is 0 Å². The number of benzene rings is 2. The SMILES string of the molecule is Cl.Cl.N=C(N)c1ccc(COc2ccc(C(=N)N)cc2Cl)cc1. The monoisotopic (exact) mass is 374 g/mol. The van der Waals surface area contributed by atoms with Crippen LogP contribution in [0.2, 0.25) is 5.02 Å². The Morgan fingerprint density at radius 2 is 1.43 bits per heavy atom. The Labute approximate surface area is 151 Å². The molecule has 0 radical (unpaired) electrons. The molecule has 8 heteroatoms. The molecule has 0 atom stereocenters. The lowest BCUT2D eigenvalue weighted by molar-refractivity contribution is 0.306. The number of hydrogen-bond donors (Lipinski definition) is 4. The van der Waals surface area contributed by atoms with E-state index in [-0.39, 0.29) is 36.5 Å². The number of rotatable bonds is 5. The fourth-order valence-corrected chi connectivity index (χ4v) is 1.96. The van der Waals surface area contributed by atoms with E-state index in [9.17, 15) is 0 Å². The summed E-state index contributed by atoms with van der Waals surface area (Å²) in [5.41, 5.74) is 12.9. The third-order valence-corrected chi connectivity index (χ3v) is 3.20. The standard InChI is InChI=1S/C15H15ClN4O.2ClH/c16-12-7-11(15(19)20)5-6-13(12)21-8-9-1-3-10(4-2-9)14(17)18;;/h1-7H,8H2,(H3,17,18)(H3,19,20);2*1H. The molecule has 0 heterocycles. The number of amidine groups is 2. The normalized spacial score (nSPS) is 9.26. The Balaban J connectivity index is 0.00000242. The van der Waals surface area contributed by atoms with E-state index in [0.29, 0.717) is 28.5 Å². The summed E-state index contributed by atoms with van der Waals surface area (Å²) in [5.74, 6) is 0.519. The summed E-state index contributed by atoms with van der Waals surface area (Å²) < 4.78 is 5.63. The first-order chi connectivity index (χ1) is 9.97. The van der Waals surface area contributed by atoms with Gasteiger partial charge in [0, 0.05) is 11.1 Å². The first-order valence-corrected chi connectivity index (χ1v) is 6.55. The number of hydrogen-bond acceptors (Lipinski definition) is 3.